The molecule has 0 unspecified atom stereocenters. The van der Waals surface area contributed by atoms with Gasteiger partial charge in [-0.1, -0.05) is 29.4 Å². The zero-order valence-electron chi connectivity index (χ0n) is 14.7. The lowest BCUT2D eigenvalue weighted by molar-refractivity contribution is -0.116. The minimum Gasteiger partial charge on any atom is -0.508 e. The van der Waals surface area contributed by atoms with Crippen molar-refractivity contribution in [3.63, 3.8) is 0 Å². The molecule has 2 aliphatic rings. The fourth-order valence-electron chi connectivity index (χ4n) is 4.27. The van der Waals surface area contributed by atoms with E-state index in [-0.39, 0.29) is 23.4 Å². The Labute approximate surface area is 160 Å². The van der Waals surface area contributed by atoms with Crippen LogP contribution in [0.3, 0.4) is 0 Å². The first kappa shape index (κ1) is 16.3. The van der Waals surface area contributed by atoms with Crippen molar-refractivity contribution in [2.45, 2.75) is 31.6 Å². The minimum atomic E-state index is -0.139. The van der Waals surface area contributed by atoms with Crippen LogP contribution in [-0.4, -0.2) is 16.0 Å². The number of hydrogen-bond acceptors (Lipinski definition) is 6. The van der Waals surface area contributed by atoms with Crippen molar-refractivity contribution < 1.29 is 14.4 Å². The Hall–Kier alpha value is -2.86. The van der Waals surface area contributed by atoms with Crippen LogP contribution in [0, 0.1) is 6.92 Å². The number of para-hydroxylation sites is 1. The molecule has 0 spiro atoms. The number of ketones is 1. The Balaban J connectivity index is 1.63. The van der Waals surface area contributed by atoms with E-state index in [1.165, 1.54) is 0 Å². The summed E-state index contributed by atoms with van der Waals surface area (Å²) in [5, 5.41) is 19.7. The molecule has 0 fully saturated rings. The maximum Gasteiger partial charge on any atom is 0.233 e. The molecule has 2 N–H and O–H groups in total. The number of anilines is 1. The van der Waals surface area contributed by atoms with Gasteiger partial charge in [0.15, 0.2) is 5.78 Å². The van der Waals surface area contributed by atoms with E-state index in [0.717, 1.165) is 33.0 Å². The van der Waals surface area contributed by atoms with Gasteiger partial charge in [0.25, 0.3) is 0 Å². The number of phenolic OH excluding ortho intramolecular Hbond substituents is 1. The summed E-state index contributed by atoms with van der Waals surface area (Å²) in [7, 11) is 0. The number of allylic oxidation sites excluding steroid dienone is 2. The van der Waals surface area contributed by atoms with Crippen molar-refractivity contribution in [1.29, 1.82) is 0 Å². The number of carbonyl (C=O) groups excluding carboxylic acids is 1. The zero-order valence-corrected chi connectivity index (χ0v) is 15.5. The largest absolute Gasteiger partial charge is 0.508 e. The third-order valence-corrected chi connectivity index (χ3v) is 6.40. The van der Waals surface area contributed by atoms with E-state index in [1.54, 1.807) is 23.5 Å². The fourth-order valence-corrected chi connectivity index (χ4v) is 5.11. The molecule has 5 rings (SSSR count). The quantitative estimate of drug-likeness (QED) is 0.675. The van der Waals surface area contributed by atoms with Crippen molar-refractivity contribution in [2.75, 3.05) is 5.32 Å². The lowest BCUT2D eigenvalue weighted by Gasteiger charge is -2.34. The molecule has 1 aromatic carbocycles. The van der Waals surface area contributed by atoms with E-state index in [0.29, 0.717) is 18.7 Å². The maximum atomic E-state index is 13.2. The zero-order chi connectivity index (χ0) is 18.5. The molecular formula is C21H18N2O3S. The molecule has 0 saturated heterocycles. The number of Topliss-reactive ketones (excluding diaryl/α,β-unsaturated/α-hetero) is 1. The summed E-state index contributed by atoms with van der Waals surface area (Å²) in [4.78, 5) is 14.4. The second-order valence-corrected chi connectivity index (χ2v) is 8.04. The van der Waals surface area contributed by atoms with Crippen molar-refractivity contribution >= 4 is 23.0 Å². The molecule has 27 heavy (non-hydrogen) atoms. The Kier molecular flexibility index (Phi) is 3.68. The van der Waals surface area contributed by atoms with Crippen molar-refractivity contribution in [3.05, 3.63) is 74.7 Å². The average Bonchev–Trinajstić information content (AvgIpc) is 3.31. The fraction of sp³-hybridized carbons (Fsp3) is 0.238. The van der Waals surface area contributed by atoms with Gasteiger partial charge in [0.05, 0.1) is 17.2 Å². The summed E-state index contributed by atoms with van der Waals surface area (Å²) in [5.41, 5.74) is 4.25. The van der Waals surface area contributed by atoms with Gasteiger partial charge in [-0.25, -0.2) is 0 Å². The van der Waals surface area contributed by atoms with E-state index < -0.39 is 0 Å². The third kappa shape index (κ3) is 2.51. The highest BCUT2D eigenvalue weighted by Crippen LogP contribution is 2.50. The standard InChI is InChI=1S/C21H18N2O3S/c1-11-18-20(17-7-4-8-27-17)19-14(22-21(18)26-23-11)9-12(10-16(19)25)13-5-2-3-6-15(13)24/h2-8,12,20,22,24H,9-10H2,1H3/t12-,20-/m0/s1. The monoisotopic (exact) mass is 378 g/mol. The molecule has 6 heteroatoms. The smallest absolute Gasteiger partial charge is 0.233 e. The van der Waals surface area contributed by atoms with Crippen LogP contribution in [0.4, 0.5) is 5.88 Å². The number of aromatic nitrogens is 1. The molecule has 3 aromatic rings. The van der Waals surface area contributed by atoms with Gasteiger partial charge in [-0.05, 0) is 36.4 Å². The Bertz CT molecular complexity index is 1070. The Morgan fingerprint density at radius 2 is 2.07 bits per heavy atom. The van der Waals surface area contributed by atoms with Gasteiger partial charge >= 0.3 is 0 Å². The van der Waals surface area contributed by atoms with Crippen LogP contribution in [0.2, 0.25) is 0 Å². The molecule has 0 radical (unpaired) electrons. The molecule has 0 bridgehead atoms. The second-order valence-electron chi connectivity index (χ2n) is 7.06. The van der Waals surface area contributed by atoms with E-state index >= 15 is 0 Å². The average molecular weight is 378 g/mol. The van der Waals surface area contributed by atoms with Crippen LogP contribution in [0.1, 0.15) is 46.4 Å². The van der Waals surface area contributed by atoms with E-state index in [9.17, 15) is 9.90 Å². The summed E-state index contributed by atoms with van der Waals surface area (Å²) in [6.45, 7) is 1.91. The molecular weight excluding hydrogens is 360 g/mol. The first-order valence-electron chi connectivity index (χ1n) is 8.94. The molecule has 5 nitrogen and oxygen atoms in total. The number of aryl methyl sites for hydroxylation is 1. The SMILES string of the molecule is Cc1noc2c1[C@H](c1cccs1)C1=C(C[C@H](c3ccccc3O)CC1=O)N2. The predicted molar refractivity (Wildman–Crippen MR) is 103 cm³/mol. The summed E-state index contributed by atoms with van der Waals surface area (Å²) >= 11 is 1.64. The van der Waals surface area contributed by atoms with Crippen LogP contribution >= 0.6 is 11.3 Å². The maximum absolute atomic E-state index is 13.2. The first-order chi connectivity index (χ1) is 13.1. The molecule has 0 saturated carbocycles. The van der Waals surface area contributed by atoms with Crippen LogP contribution in [-0.2, 0) is 4.79 Å². The summed E-state index contributed by atoms with van der Waals surface area (Å²) < 4.78 is 5.51. The van der Waals surface area contributed by atoms with Gasteiger partial charge in [-0.3, -0.25) is 4.79 Å². The number of nitrogens with zero attached hydrogens (tertiary/aromatic N) is 1. The van der Waals surface area contributed by atoms with Gasteiger partial charge < -0.3 is 14.9 Å². The topological polar surface area (TPSA) is 75.4 Å². The number of fused-ring (bicyclic) bond motifs is 1. The number of rotatable bonds is 2. The normalized spacial score (nSPS) is 21.6. The van der Waals surface area contributed by atoms with Crippen LogP contribution in [0.15, 0.2) is 57.6 Å². The molecule has 3 heterocycles. The minimum absolute atomic E-state index is 0.0560. The number of aromatic hydroxyl groups is 1. The van der Waals surface area contributed by atoms with Crippen LogP contribution in [0.25, 0.3) is 0 Å². The molecule has 1 aliphatic heterocycles. The third-order valence-electron chi connectivity index (χ3n) is 5.46. The van der Waals surface area contributed by atoms with Gasteiger partial charge in [-0.15, -0.1) is 11.3 Å². The number of nitrogens with one attached hydrogen (secondary N) is 1. The van der Waals surface area contributed by atoms with Crippen LogP contribution in [0.5, 0.6) is 5.75 Å². The second kappa shape index (κ2) is 6.09. The predicted octanol–water partition coefficient (Wildman–Crippen LogP) is 4.71. The highest BCUT2D eigenvalue weighted by atomic mass is 32.1. The lowest BCUT2D eigenvalue weighted by Crippen LogP contribution is -2.29. The molecule has 1 aliphatic carbocycles. The van der Waals surface area contributed by atoms with Gasteiger partial charge in [-0.2, -0.15) is 0 Å². The highest BCUT2D eigenvalue weighted by molar-refractivity contribution is 7.10. The first-order valence-corrected chi connectivity index (χ1v) is 9.82. The number of hydrogen-bond donors (Lipinski definition) is 2. The Morgan fingerprint density at radius 1 is 1.22 bits per heavy atom. The van der Waals surface area contributed by atoms with E-state index in [4.69, 9.17) is 4.52 Å². The van der Waals surface area contributed by atoms with E-state index in [2.05, 4.69) is 16.5 Å². The number of phenols is 1. The van der Waals surface area contributed by atoms with Gasteiger partial charge in [0, 0.05) is 28.5 Å². The Morgan fingerprint density at radius 3 is 2.85 bits per heavy atom. The van der Waals surface area contributed by atoms with Crippen LogP contribution < -0.4 is 5.32 Å². The van der Waals surface area contributed by atoms with Crippen molar-refractivity contribution in [1.82, 2.24) is 5.16 Å². The number of benzene rings is 1. The van der Waals surface area contributed by atoms with Gasteiger partial charge in [0.2, 0.25) is 5.88 Å². The molecule has 136 valence electrons. The molecule has 0 amide bonds. The molecule has 2 atom stereocenters. The summed E-state index contributed by atoms with van der Waals surface area (Å²) in [6, 6.07) is 11.3. The van der Waals surface area contributed by atoms with Crippen molar-refractivity contribution in [2.24, 2.45) is 0 Å². The van der Waals surface area contributed by atoms with Gasteiger partial charge in [0.1, 0.15) is 5.75 Å². The van der Waals surface area contributed by atoms with Crippen molar-refractivity contribution in [3.8, 4) is 5.75 Å². The number of carbonyl (C=O) groups is 1. The highest BCUT2D eigenvalue weighted by Gasteiger charge is 2.41. The van der Waals surface area contributed by atoms with E-state index in [1.807, 2.05) is 30.5 Å². The number of thiophene rings is 1. The lowest BCUT2D eigenvalue weighted by atomic mass is 9.74. The molecule has 2 aromatic heterocycles. The summed E-state index contributed by atoms with van der Waals surface area (Å²) in [6.07, 6.45) is 1.04. The summed E-state index contributed by atoms with van der Waals surface area (Å²) in [5.74, 6) is 0.776.